The van der Waals surface area contributed by atoms with Crippen LogP contribution in [0.15, 0.2) is 11.4 Å². The fraction of sp³-hybridized carbons (Fsp3) is 0.538. The number of rotatable bonds is 4. The zero-order valence-electron chi connectivity index (χ0n) is 11.0. The van der Waals surface area contributed by atoms with Gasteiger partial charge >= 0.3 is 5.97 Å². The lowest BCUT2D eigenvalue weighted by Gasteiger charge is -2.15. The maximum Gasteiger partial charge on any atom is 0.315 e. The van der Waals surface area contributed by atoms with E-state index >= 15 is 0 Å². The Morgan fingerprint density at radius 1 is 1.58 bits per heavy atom. The molecule has 19 heavy (non-hydrogen) atoms. The van der Waals surface area contributed by atoms with Crippen molar-refractivity contribution in [3.8, 4) is 0 Å². The van der Waals surface area contributed by atoms with Crippen LogP contribution in [0.3, 0.4) is 0 Å². The van der Waals surface area contributed by atoms with E-state index in [4.69, 9.17) is 0 Å². The quantitative estimate of drug-likeness (QED) is 0.800. The molecular formula is C13H17NO3S2. The summed E-state index contributed by atoms with van der Waals surface area (Å²) in [5.41, 5.74) is 1.13. The van der Waals surface area contributed by atoms with Crippen LogP contribution in [0, 0.1) is 6.92 Å². The summed E-state index contributed by atoms with van der Waals surface area (Å²) in [5, 5.41) is 2.33. The smallest absolute Gasteiger partial charge is 0.315 e. The minimum Gasteiger partial charge on any atom is -0.468 e. The molecule has 0 unspecified atom stereocenters. The standard InChI is InChI=1S/C13H17NO3S2/c1-9-5-11(19-7-9)13(16)14-4-3-10(6-14)18-8-12(15)17-2/h5,7,10H,3-4,6,8H2,1-2H3/t10-/m0/s1. The molecule has 1 aromatic rings. The van der Waals surface area contributed by atoms with Gasteiger partial charge in [-0.3, -0.25) is 9.59 Å². The third kappa shape index (κ3) is 3.73. The van der Waals surface area contributed by atoms with Crippen LogP contribution >= 0.6 is 23.1 Å². The predicted molar refractivity (Wildman–Crippen MR) is 77.8 cm³/mol. The van der Waals surface area contributed by atoms with Crippen molar-refractivity contribution in [2.45, 2.75) is 18.6 Å². The van der Waals surface area contributed by atoms with Gasteiger partial charge in [-0.2, -0.15) is 0 Å². The lowest BCUT2D eigenvalue weighted by Crippen LogP contribution is -2.28. The Bertz CT molecular complexity index is 472. The van der Waals surface area contributed by atoms with Gasteiger partial charge in [0.1, 0.15) is 0 Å². The van der Waals surface area contributed by atoms with E-state index in [0.29, 0.717) is 11.0 Å². The number of carbonyl (C=O) groups excluding carboxylic acids is 2. The molecule has 0 saturated carbocycles. The molecule has 1 aliphatic heterocycles. The maximum atomic E-state index is 12.2. The molecule has 0 bridgehead atoms. The molecule has 1 aliphatic rings. The summed E-state index contributed by atoms with van der Waals surface area (Å²) < 4.78 is 4.62. The van der Waals surface area contributed by atoms with Crippen LogP contribution in [0.25, 0.3) is 0 Å². The van der Waals surface area contributed by atoms with E-state index in [1.54, 1.807) is 11.8 Å². The summed E-state index contributed by atoms with van der Waals surface area (Å²) in [5.74, 6) is 0.268. The molecule has 6 heteroatoms. The van der Waals surface area contributed by atoms with Crippen LogP contribution in [-0.4, -0.2) is 48.0 Å². The summed E-state index contributed by atoms with van der Waals surface area (Å²) in [7, 11) is 1.40. The van der Waals surface area contributed by atoms with Crippen LogP contribution in [0.1, 0.15) is 21.7 Å². The van der Waals surface area contributed by atoms with Gasteiger partial charge in [0.05, 0.1) is 17.7 Å². The molecule has 0 spiro atoms. The minimum absolute atomic E-state index is 0.110. The van der Waals surface area contributed by atoms with Gasteiger partial charge in [-0.05, 0) is 30.4 Å². The lowest BCUT2D eigenvalue weighted by atomic mass is 10.3. The highest BCUT2D eigenvalue weighted by Gasteiger charge is 2.28. The van der Waals surface area contributed by atoms with E-state index in [-0.39, 0.29) is 11.9 Å². The zero-order valence-corrected chi connectivity index (χ0v) is 12.7. The molecule has 1 fully saturated rings. The van der Waals surface area contributed by atoms with E-state index in [9.17, 15) is 9.59 Å². The summed E-state index contributed by atoms with van der Waals surface area (Å²) in [6.45, 7) is 3.48. The number of thioether (sulfide) groups is 1. The molecule has 0 radical (unpaired) electrons. The van der Waals surface area contributed by atoms with Crippen molar-refractivity contribution in [3.63, 3.8) is 0 Å². The van der Waals surface area contributed by atoms with Crippen molar-refractivity contribution in [1.82, 2.24) is 4.90 Å². The molecule has 2 rings (SSSR count). The van der Waals surface area contributed by atoms with E-state index in [0.717, 1.165) is 30.0 Å². The van der Waals surface area contributed by atoms with Gasteiger partial charge in [-0.1, -0.05) is 0 Å². The first kappa shape index (κ1) is 14.4. The minimum atomic E-state index is -0.205. The Labute approximate surface area is 121 Å². The van der Waals surface area contributed by atoms with Crippen molar-refractivity contribution >= 4 is 35.0 Å². The van der Waals surface area contributed by atoms with Gasteiger partial charge in [-0.15, -0.1) is 23.1 Å². The highest BCUT2D eigenvalue weighted by atomic mass is 32.2. The van der Waals surface area contributed by atoms with Gasteiger partial charge in [0.15, 0.2) is 0 Å². The first-order valence-corrected chi connectivity index (χ1v) is 8.06. The number of likely N-dealkylation sites (tertiary alicyclic amines) is 1. The molecule has 104 valence electrons. The average molecular weight is 299 g/mol. The van der Waals surface area contributed by atoms with Crippen LogP contribution in [0.4, 0.5) is 0 Å². The van der Waals surface area contributed by atoms with E-state index < -0.39 is 0 Å². The SMILES string of the molecule is COC(=O)CS[C@H]1CCN(C(=O)c2cc(C)cs2)C1. The normalized spacial score (nSPS) is 18.6. The second kappa shape index (κ2) is 6.43. The van der Waals surface area contributed by atoms with E-state index in [2.05, 4.69) is 4.74 Å². The van der Waals surface area contributed by atoms with Gasteiger partial charge in [0.25, 0.3) is 5.91 Å². The summed E-state index contributed by atoms with van der Waals surface area (Å²) in [4.78, 5) is 26.0. The fourth-order valence-electron chi connectivity index (χ4n) is 1.99. The topological polar surface area (TPSA) is 46.6 Å². The van der Waals surface area contributed by atoms with E-state index in [1.807, 2.05) is 23.3 Å². The fourth-order valence-corrected chi connectivity index (χ4v) is 3.90. The molecule has 2 heterocycles. The molecular weight excluding hydrogens is 282 g/mol. The number of hydrogen-bond donors (Lipinski definition) is 0. The van der Waals surface area contributed by atoms with Crippen molar-refractivity contribution in [2.75, 3.05) is 26.0 Å². The highest BCUT2D eigenvalue weighted by Crippen LogP contribution is 2.25. The van der Waals surface area contributed by atoms with Crippen LogP contribution in [0.5, 0.6) is 0 Å². The Morgan fingerprint density at radius 3 is 3.00 bits per heavy atom. The van der Waals surface area contributed by atoms with Crippen LogP contribution in [0.2, 0.25) is 0 Å². The van der Waals surface area contributed by atoms with E-state index in [1.165, 1.54) is 18.4 Å². The number of methoxy groups -OCH3 is 1. The molecule has 0 aliphatic carbocycles. The second-order valence-electron chi connectivity index (χ2n) is 4.54. The number of esters is 1. The second-order valence-corrected chi connectivity index (χ2v) is 6.74. The monoisotopic (exact) mass is 299 g/mol. The van der Waals surface area contributed by atoms with Gasteiger partial charge in [0.2, 0.25) is 0 Å². The summed E-state index contributed by atoms with van der Waals surface area (Å²) in [6, 6.07) is 1.93. The van der Waals surface area contributed by atoms with Crippen molar-refractivity contribution in [3.05, 3.63) is 21.9 Å². The molecule has 1 amide bonds. The van der Waals surface area contributed by atoms with Gasteiger partial charge < -0.3 is 9.64 Å². The van der Waals surface area contributed by atoms with Crippen LogP contribution < -0.4 is 0 Å². The molecule has 4 nitrogen and oxygen atoms in total. The molecule has 1 atom stereocenters. The Hall–Kier alpha value is -1.01. The van der Waals surface area contributed by atoms with Crippen molar-refractivity contribution in [1.29, 1.82) is 0 Å². The zero-order chi connectivity index (χ0) is 13.8. The number of aryl methyl sites for hydroxylation is 1. The highest BCUT2D eigenvalue weighted by molar-refractivity contribution is 8.00. The largest absolute Gasteiger partial charge is 0.468 e. The average Bonchev–Trinajstić information content (AvgIpc) is 3.04. The Balaban J connectivity index is 1.84. The first-order chi connectivity index (χ1) is 9.10. The van der Waals surface area contributed by atoms with Crippen molar-refractivity contribution in [2.24, 2.45) is 0 Å². The molecule has 0 aromatic carbocycles. The predicted octanol–water partition coefficient (Wildman–Crippen LogP) is 2.18. The number of carbonyl (C=O) groups is 2. The Morgan fingerprint density at radius 2 is 2.37 bits per heavy atom. The maximum absolute atomic E-state index is 12.2. The number of ether oxygens (including phenoxy) is 1. The van der Waals surface area contributed by atoms with Crippen molar-refractivity contribution < 1.29 is 14.3 Å². The molecule has 0 N–H and O–H groups in total. The summed E-state index contributed by atoms with van der Waals surface area (Å²) >= 11 is 3.07. The molecule has 1 saturated heterocycles. The summed E-state index contributed by atoms with van der Waals surface area (Å²) in [6.07, 6.45) is 0.942. The molecule has 1 aromatic heterocycles. The van der Waals surface area contributed by atoms with Crippen LogP contribution in [-0.2, 0) is 9.53 Å². The number of thiophene rings is 1. The number of amides is 1. The Kier molecular flexibility index (Phi) is 4.87. The first-order valence-electron chi connectivity index (χ1n) is 6.13. The van der Waals surface area contributed by atoms with Gasteiger partial charge in [-0.25, -0.2) is 0 Å². The number of nitrogens with zero attached hydrogens (tertiary/aromatic N) is 1. The van der Waals surface area contributed by atoms with Gasteiger partial charge in [0, 0.05) is 18.3 Å². The third-order valence-electron chi connectivity index (χ3n) is 3.04. The number of hydrogen-bond acceptors (Lipinski definition) is 5. The lowest BCUT2D eigenvalue weighted by molar-refractivity contribution is -0.137. The third-order valence-corrected chi connectivity index (χ3v) is 5.33.